The van der Waals surface area contributed by atoms with E-state index in [4.69, 9.17) is 0 Å². The number of hydrogen-bond donors (Lipinski definition) is 3. The summed E-state index contributed by atoms with van der Waals surface area (Å²) in [5, 5.41) is 9.04. The Labute approximate surface area is 263 Å². The van der Waals surface area contributed by atoms with E-state index in [1.165, 1.54) is 11.3 Å². The molecule has 2 aromatic rings. The topological polar surface area (TPSA) is 138 Å². The number of nitrogens with zero attached hydrogens (tertiary/aromatic N) is 2. The molecule has 0 bridgehead atoms. The fraction of sp³-hybridized carbons (Fsp3) is 0.636. The van der Waals surface area contributed by atoms with Gasteiger partial charge in [-0.05, 0) is 47.6 Å². The molecule has 2 aliphatic heterocycles. The average molecular weight is 624 g/mol. The molecule has 1 aromatic carbocycles. The molecule has 1 aliphatic carbocycles. The number of piperidine rings is 1. The van der Waals surface area contributed by atoms with Crippen LogP contribution in [0.5, 0.6) is 0 Å². The number of carbonyl (C=O) groups excluding carboxylic acids is 5. The molecule has 3 N–H and O–H groups in total. The van der Waals surface area contributed by atoms with E-state index in [-0.39, 0.29) is 52.2 Å². The Kier molecular flexibility index (Phi) is 8.18. The van der Waals surface area contributed by atoms with Crippen LogP contribution < -0.4 is 16.0 Å². The number of amides is 4. The van der Waals surface area contributed by atoms with Gasteiger partial charge < -0.3 is 20.9 Å². The van der Waals surface area contributed by atoms with E-state index in [9.17, 15) is 24.0 Å². The van der Waals surface area contributed by atoms with E-state index in [2.05, 4.69) is 34.8 Å². The number of benzene rings is 1. The third-order valence-corrected chi connectivity index (χ3v) is 10.7. The fourth-order valence-electron chi connectivity index (χ4n) is 6.75. The van der Waals surface area contributed by atoms with Gasteiger partial charge in [-0.2, -0.15) is 0 Å². The second-order valence-corrected chi connectivity index (χ2v) is 16.4. The van der Waals surface area contributed by atoms with Crippen LogP contribution in [0.25, 0.3) is 10.2 Å². The summed E-state index contributed by atoms with van der Waals surface area (Å²) in [6, 6.07) is 4.84. The van der Waals surface area contributed by atoms with E-state index in [1.54, 1.807) is 25.7 Å². The van der Waals surface area contributed by atoms with Gasteiger partial charge in [0.2, 0.25) is 29.4 Å². The van der Waals surface area contributed by atoms with Gasteiger partial charge in [0.25, 0.3) is 0 Å². The third kappa shape index (κ3) is 5.99. The zero-order valence-corrected chi connectivity index (χ0v) is 27.8. The fourth-order valence-corrected chi connectivity index (χ4v) is 7.71. The molecule has 3 aliphatic rings. The number of thiazole rings is 1. The van der Waals surface area contributed by atoms with Crippen molar-refractivity contribution in [1.82, 2.24) is 25.8 Å². The number of fused-ring (bicyclic) bond motifs is 2. The quantitative estimate of drug-likeness (QED) is 0.385. The summed E-state index contributed by atoms with van der Waals surface area (Å²) in [5.74, 6) is -1.81. The highest BCUT2D eigenvalue weighted by molar-refractivity contribution is 7.20. The van der Waals surface area contributed by atoms with Crippen LogP contribution >= 0.6 is 11.3 Å². The van der Waals surface area contributed by atoms with E-state index >= 15 is 0 Å². The molecule has 3 unspecified atom stereocenters. The first-order valence-electron chi connectivity index (χ1n) is 15.5. The summed E-state index contributed by atoms with van der Waals surface area (Å²) >= 11 is 1.26. The van der Waals surface area contributed by atoms with Crippen LogP contribution in [0.15, 0.2) is 24.3 Å². The first kappa shape index (κ1) is 32.1. The lowest BCUT2D eigenvalue weighted by atomic mass is 9.84. The van der Waals surface area contributed by atoms with Gasteiger partial charge in [0.05, 0.1) is 16.3 Å². The monoisotopic (exact) mass is 623 g/mol. The van der Waals surface area contributed by atoms with Gasteiger partial charge in [0.1, 0.15) is 12.1 Å². The van der Waals surface area contributed by atoms with Crippen molar-refractivity contribution in [3.8, 4) is 0 Å². The van der Waals surface area contributed by atoms with Crippen molar-refractivity contribution in [2.75, 3.05) is 13.1 Å². The zero-order chi connectivity index (χ0) is 32.4. The Morgan fingerprint density at radius 1 is 1.09 bits per heavy atom. The summed E-state index contributed by atoms with van der Waals surface area (Å²) in [7, 11) is 0. The molecule has 1 aromatic heterocycles. The predicted octanol–water partition coefficient (Wildman–Crippen LogP) is 3.55. The maximum atomic E-state index is 14.3. The number of ketones is 1. The second-order valence-electron chi connectivity index (χ2n) is 15.3. The highest BCUT2D eigenvalue weighted by atomic mass is 32.1. The molecule has 44 heavy (non-hydrogen) atoms. The largest absolute Gasteiger partial charge is 0.356 e. The Bertz CT molecular complexity index is 1470. The minimum Gasteiger partial charge on any atom is -0.356 e. The summed E-state index contributed by atoms with van der Waals surface area (Å²) in [4.78, 5) is 74.1. The molecule has 0 radical (unpaired) electrons. The van der Waals surface area contributed by atoms with Crippen LogP contribution in [0.3, 0.4) is 0 Å². The number of hydrogen-bond acceptors (Lipinski definition) is 7. The Morgan fingerprint density at radius 3 is 2.36 bits per heavy atom. The van der Waals surface area contributed by atoms with E-state index < -0.39 is 40.8 Å². The predicted molar refractivity (Wildman–Crippen MR) is 169 cm³/mol. The summed E-state index contributed by atoms with van der Waals surface area (Å²) in [6.07, 6.45) is 0.724. The van der Waals surface area contributed by atoms with E-state index in [1.807, 2.05) is 45.0 Å². The average Bonchev–Trinajstić information content (AvgIpc) is 3.44. The van der Waals surface area contributed by atoms with Crippen molar-refractivity contribution >= 4 is 51.0 Å². The van der Waals surface area contributed by atoms with Crippen LogP contribution in [0.4, 0.5) is 0 Å². The summed E-state index contributed by atoms with van der Waals surface area (Å²) in [6.45, 7) is 16.2. The molecule has 0 spiro atoms. The number of nitrogens with one attached hydrogen (secondary N) is 3. The van der Waals surface area contributed by atoms with Crippen LogP contribution in [0, 0.1) is 34.0 Å². The SMILES string of the molecule is CC(C)(C)C(=O)N[C@H](C(=O)N1CC2C(C1C(=O)N[C@@H](C[C@@H]1CCNC1=O)C(=O)c1nc3ccccc3s1)C2(C)C)C(C)(C)C. The maximum absolute atomic E-state index is 14.3. The number of para-hydroxylation sites is 1. The molecular formula is C33H45N5O5S. The minimum absolute atomic E-state index is 0.0848. The van der Waals surface area contributed by atoms with Crippen LogP contribution in [-0.2, 0) is 19.2 Å². The van der Waals surface area contributed by atoms with E-state index in [0.29, 0.717) is 25.0 Å². The van der Waals surface area contributed by atoms with Crippen molar-refractivity contribution < 1.29 is 24.0 Å². The van der Waals surface area contributed by atoms with Gasteiger partial charge in [-0.1, -0.05) is 67.5 Å². The molecule has 3 fully saturated rings. The molecule has 11 heteroatoms. The third-order valence-electron chi connectivity index (χ3n) is 9.65. The molecule has 2 saturated heterocycles. The lowest BCUT2D eigenvalue weighted by Gasteiger charge is -2.38. The first-order chi connectivity index (χ1) is 20.4. The normalized spacial score (nSPS) is 25.6. The molecule has 1 saturated carbocycles. The number of likely N-dealkylation sites (tertiary alicyclic amines) is 1. The lowest BCUT2D eigenvalue weighted by Crippen LogP contribution is -2.61. The standard InChI is InChI=1S/C33H45N5O5S/c1-31(2,3)25(37-30(43)32(4,5)6)29(42)38-16-18-22(33(18,7)8)23(38)27(41)35-20(15-17-13-14-34-26(17)40)24(39)28-36-19-11-9-10-12-21(19)44-28/h9-12,17-18,20,22-23,25H,13-16H2,1-8H3,(H,34,40)(H,35,41)(H,37,43)/t17-,18?,20-,22?,23?,25+/m0/s1. The highest BCUT2D eigenvalue weighted by Crippen LogP contribution is 2.65. The van der Waals surface area contributed by atoms with Gasteiger partial charge >= 0.3 is 0 Å². The first-order valence-corrected chi connectivity index (χ1v) is 16.3. The van der Waals surface area contributed by atoms with Gasteiger partial charge in [0.15, 0.2) is 5.01 Å². The minimum atomic E-state index is -0.978. The highest BCUT2D eigenvalue weighted by Gasteiger charge is 2.70. The van der Waals surface area contributed by atoms with Gasteiger partial charge in [-0.15, -0.1) is 11.3 Å². The summed E-state index contributed by atoms with van der Waals surface area (Å²) in [5.41, 5.74) is -0.758. The Hall–Kier alpha value is -3.34. The molecular weight excluding hydrogens is 578 g/mol. The molecule has 5 rings (SSSR count). The van der Waals surface area contributed by atoms with Crippen LogP contribution in [0.1, 0.15) is 78.0 Å². The van der Waals surface area contributed by atoms with Crippen LogP contribution in [0.2, 0.25) is 0 Å². The van der Waals surface area contributed by atoms with Crippen molar-refractivity contribution in [3.05, 3.63) is 29.3 Å². The lowest BCUT2D eigenvalue weighted by molar-refractivity contribution is -0.146. The Balaban J connectivity index is 1.43. The number of rotatable bonds is 8. The molecule has 3 heterocycles. The zero-order valence-electron chi connectivity index (χ0n) is 26.9. The van der Waals surface area contributed by atoms with Crippen molar-refractivity contribution in [2.45, 2.75) is 86.4 Å². The second kappa shape index (κ2) is 11.2. The molecule has 10 nitrogen and oxygen atoms in total. The molecule has 6 atom stereocenters. The number of Topliss-reactive ketones (excluding diaryl/α,β-unsaturated/α-hetero) is 1. The van der Waals surface area contributed by atoms with Crippen molar-refractivity contribution in [3.63, 3.8) is 0 Å². The van der Waals surface area contributed by atoms with Crippen molar-refractivity contribution in [2.24, 2.45) is 34.0 Å². The molecule has 238 valence electrons. The number of aromatic nitrogens is 1. The Morgan fingerprint density at radius 2 is 1.77 bits per heavy atom. The smallest absolute Gasteiger partial charge is 0.246 e. The summed E-state index contributed by atoms with van der Waals surface area (Å²) < 4.78 is 0.861. The van der Waals surface area contributed by atoms with Crippen LogP contribution in [-0.4, -0.2) is 70.5 Å². The van der Waals surface area contributed by atoms with E-state index in [0.717, 1.165) is 4.70 Å². The van der Waals surface area contributed by atoms with Gasteiger partial charge in [-0.25, -0.2) is 4.98 Å². The van der Waals surface area contributed by atoms with Crippen molar-refractivity contribution in [1.29, 1.82) is 0 Å². The number of carbonyl (C=O) groups is 5. The van der Waals surface area contributed by atoms with Gasteiger partial charge in [0, 0.05) is 24.4 Å². The maximum Gasteiger partial charge on any atom is 0.246 e. The van der Waals surface area contributed by atoms with Gasteiger partial charge in [-0.3, -0.25) is 24.0 Å². The molecule has 4 amide bonds.